The van der Waals surface area contributed by atoms with Crippen LogP contribution in [0.5, 0.6) is 0 Å². The van der Waals surface area contributed by atoms with Crippen LogP contribution in [0, 0.1) is 0 Å². The maximum atomic E-state index is 11.9. The number of carbonyl (C=O) groups excluding carboxylic acids is 1. The maximum absolute atomic E-state index is 11.9. The number of imidazole rings is 1. The summed E-state index contributed by atoms with van der Waals surface area (Å²) >= 11 is 0. The van der Waals surface area contributed by atoms with Crippen LogP contribution in [-0.2, 0) is 6.42 Å². The first kappa shape index (κ1) is 13.8. The van der Waals surface area contributed by atoms with Gasteiger partial charge in [0, 0.05) is 6.54 Å². The highest BCUT2D eigenvalue weighted by molar-refractivity contribution is 5.89. The Kier molecular flexibility index (Phi) is 3.57. The van der Waals surface area contributed by atoms with Crippen LogP contribution < -0.4 is 16.2 Å². The van der Waals surface area contributed by atoms with Gasteiger partial charge < -0.3 is 10.7 Å². The predicted molar refractivity (Wildman–Crippen MR) is 81.6 cm³/mol. The van der Waals surface area contributed by atoms with E-state index in [1.165, 1.54) is 11.2 Å². The molecule has 0 aliphatic carbocycles. The third-order valence-electron chi connectivity index (χ3n) is 3.27. The van der Waals surface area contributed by atoms with Gasteiger partial charge in [-0.2, -0.15) is 4.98 Å². The monoisotopic (exact) mass is 298 g/mol. The maximum Gasteiger partial charge on any atom is 0.321 e. The fourth-order valence-corrected chi connectivity index (χ4v) is 2.17. The second-order valence-electron chi connectivity index (χ2n) is 4.72. The minimum absolute atomic E-state index is 0.0908. The number of urea groups is 1. The number of anilines is 1. The molecule has 0 aliphatic heterocycles. The van der Waals surface area contributed by atoms with Gasteiger partial charge in [0.2, 0.25) is 5.95 Å². The highest BCUT2D eigenvalue weighted by atomic mass is 16.2. The number of aromatic amines is 2. The van der Waals surface area contributed by atoms with Crippen molar-refractivity contribution in [3.63, 3.8) is 0 Å². The first-order valence-electron chi connectivity index (χ1n) is 6.69. The van der Waals surface area contributed by atoms with Crippen molar-refractivity contribution in [2.75, 3.05) is 11.4 Å². The van der Waals surface area contributed by atoms with Crippen LogP contribution >= 0.6 is 0 Å². The molecule has 22 heavy (non-hydrogen) atoms. The van der Waals surface area contributed by atoms with Crippen molar-refractivity contribution in [2.24, 2.45) is 5.73 Å². The summed E-state index contributed by atoms with van der Waals surface area (Å²) in [5.41, 5.74) is 6.55. The molecule has 8 heteroatoms. The molecule has 0 aliphatic rings. The molecule has 2 heterocycles. The van der Waals surface area contributed by atoms with E-state index in [1.54, 1.807) is 0 Å². The number of hydrogen-bond donors (Lipinski definition) is 3. The molecule has 3 rings (SSSR count). The highest BCUT2D eigenvalue weighted by Crippen LogP contribution is 2.10. The summed E-state index contributed by atoms with van der Waals surface area (Å²) in [6, 6.07) is 8.96. The summed E-state index contributed by atoms with van der Waals surface area (Å²) in [6.07, 6.45) is 1.96. The van der Waals surface area contributed by atoms with Crippen molar-refractivity contribution in [2.45, 2.75) is 6.42 Å². The van der Waals surface area contributed by atoms with E-state index in [1.807, 2.05) is 30.3 Å². The average molecular weight is 298 g/mol. The lowest BCUT2D eigenvalue weighted by Crippen LogP contribution is -2.39. The minimum atomic E-state index is -0.686. The van der Waals surface area contributed by atoms with E-state index in [2.05, 4.69) is 19.9 Å². The molecule has 0 unspecified atom stereocenters. The van der Waals surface area contributed by atoms with E-state index in [9.17, 15) is 9.59 Å². The van der Waals surface area contributed by atoms with Crippen molar-refractivity contribution in [3.05, 3.63) is 52.6 Å². The Labute approximate surface area is 125 Å². The topological polar surface area (TPSA) is 121 Å². The molecule has 3 aromatic rings. The number of fused-ring (bicyclic) bond motifs is 1. The van der Waals surface area contributed by atoms with Gasteiger partial charge in [0.05, 0.1) is 6.33 Å². The van der Waals surface area contributed by atoms with E-state index < -0.39 is 11.6 Å². The molecule has 0 saturated heterocycles. The smallest absolute Gasteiger partial charge is 0.321 e. The van der Waals surface area contributed by atoms with E-state index in [0.717, 1.165) is 5.56 Å². The van der Waals surface area contributed by atoms with E-state index in [-0.39, 0.29) is 17.1 Å². The van der Waals surface area contributed by atoms with Crippen LogP contribution in [0.15, 0.2) is 41.5 Å². The Balaban J connectivity index is 1.89. The molecular weight excluding hydrogens is 284 g/mol. The molecule has 0 fully saturated rings. The van der Waals surface area contributed by atoms with E-state index >= 15 is 0 Å². The summed E-state index contributed by atoms with van der Waals surface area (Å²) in [5.74, 6) is 0.0908. The van der Waals surface area contributed by atoms with Gasteiger partial charge in [-0.05, 0) is 12.0 Å². The van der Waals surface area contributed by atoms with Gasteiger partial charge in [-0.1, -0.05) is 30.3 Å². The van der Waals surface area contributed by atoms with E-state index in [0.29, 0.717) is 13.0 Å². The third kappa shape index (κ3) is 2.66. The number of amides is 2. The molecule has 0 bridgehead atoms. The average Bonchev–Trinajstić information content (AvgIpc) is 2.97. The number of nitrogens with zero attached hydrogens (tertiary/aromatic N) is 3. The van der Waals surface area contributed by atoms with Crippen LogP contribution in [0.25, 0.3) is 11.2 Å². The number of primary amides is 1. The normalized spacial score (nSPS) is 10.7. The Hall–Kier alpha value is -3.16. The quantitative estimate of drug-likeness (QED) is 0.658. The van der Waals surface area contributed by atoms with Crippen LogP contribution in [-0.4, -0.2) is 32.5 Å². The zero-order valence-electron chi connectivity index (χ0n) is 11.6. The van der Waals surface area contributed by atoms with Gasteiger partial charge in [0.15, 0.2) is 11.2 Å². The molecule has 4 N–H and O–H groups in total. The van der Waals surface area contributed by atoms with Gasteiger partial charge in [0.1, 0.15) is 0 Å². The Bertz CT molecular complexity index is 854. The largest absolute Gasteiger partial charge is 0.351 e. The lowest BCUT2D eigenvalue weighted by Gasteiger charge is -2.18. The summed E-state index contributed by atoms with van der Waals surface area (Å²) in [4.78, 5) is 38.1. The van der Waals surface area contributed by atoms with Crippen molar-refractivity contribution in [3.8, 4) is 0 Å². The molecule has 0 atom stereocenters. The molecule has 0 radical (unpaired) electrons. The number of benzene rings is 1. The second-order valence-corrected chi connectivity index (χ2v) is 4.72. The first-order chi connectivity index (χ1) is 10.6. The lowest BCUT2D eigenvalue weighted by atomic mass is 10.1. The summed E-state index contributed by atoms with van der Waals surface area (Å²) < 4.78 is 0. The molecule has 2 aromatic heterocycles. The number of rotatable bonds is 4. The van der Waals surface area contributed by atoms with Crippen LogP contribution in [0.1, 0.15) is 5.56 Å². The lowest BCUT2D eigenvalue weighted by molar-refractivity contribution is 0.253. The third-order valence-corrected chi connectivity index (χ3v) is 3.27. The fourth-order valence-electron chi connectivity index (χ4n) is 2.17. The van der Waals surface area contributed by atoms with Crippen molar-refractivity contribution in [1.82, 2.24) is 19.9 Å². The number of nitrogens with two attached hydrogens (primary N) is 1. The number of nitrogens with one attached hydrogen (secondary N) is 2. The predicted octanol–water partition coefficient (Wildman–Crippen LogP) is 0.774. The summed E-state index contributed by atoms with van der Waals surface area (Å²) in [6.45, 7) is 0.304. The minimum Gasteiger partial charge on any atom is -0.351 e. The van der Waals surface area contributed by atoms with Crippen molar-refractivity contribution >= 4 is 23.1 Å². The van der Waals surface area contributed by atoms with Crippen LogP contribution in [0.3, 0.4) is 0 Å². The van der Waals surface area contributed by atoms with Crippen molar-refractivity contribution in [1.29, 1.82) is 0 Å². The number of hydrogen-bond acceptors (Lipinski definition) is 4. The number of carbonyl (C=O) groups is 1. The van der Waals surface area contributed by atoms with Gasteiger partial charge in [-0.3, -0.25) is 14.7 Å². The molecule has 112 valence electrons. The van der Waals surface area contributed by atoms with Crippen molar-refractivity contribution < 1.29 is 4.79 Å². The summed E-state index contributed by atoms with van der Waals surface area (Å²) in [7, 11) is 0. The highest BCUT2D eigenvalue weighted by Gasteiger charge is 2.17. The fraction of sp³-hybridized carbons (Fsp3) is 0.143. The van der Waals surface area contributed by atoms with Gasteiger partial charge in [-0.25, -0.2) is 9.78 Å². The SMILES string of the molecule is NC(=O)N(CCc1ccccc1)c1nc2nc[nH]c2c(=O)[nH]1. The Morgan fingerprint density at radius 3 is 2.77 bits per heavy atom. The molecule has 2 amide bonds. The molecule has 8 nitrogen and oxygen atoms in total. The van der Waals surface area contributed by atoms with E-state index in [4.69, 9.17) is 5.73 Å². The molecule has 1 aromatic carbocycles. The standard InChI is InChI=1S/C14H14N6O2/c15-13(22)20(7-6-9-4-2-1-3-5-9)14-18-11-10(12(21)19-14)16-8-17-11/h1-5,8H,6-7H2,(H2,15,22)(H2,16,17,18,19,21). The second kappa shape index (κ2) is 5.68. The molecule has 0 saturated carbocycles. The Morgan fingerprint density at radius 1 is 1.27 bits per heavy atom. The molecule has 0 spiro atoms. The van der Waals surface area contributed by atoms with Gasteiger partial charge in [0.25, 0.3) is 5.56 Å². The molecular formula is C14H14N6O2. The van der Waals surface area contributed by atoms with Gasteiger partial charge >= 0.3 is 6.03 Å². The Morgan fingerprint density at radius 2 is 2.05 bits per heavy atom. The number of H-pyrrole nitrogens is 2. The zero-order chi connectivity index (χ0) is 15.5. The van der Waals surface area contributed by atoms with Crippen LogP contribution in [0.2, 0.25) is 0 Å². The van der Waals surface area contributed by atoms with Gasteiger partial charge in [-0.15, -0.1) is 0 Å². The first-order valence-corrected chi connectivity index (χ1v) is 6.69. The van der Waals surface area contributed by atoms with Crippen LogP contribution in [0.4, 0.5) is 10.7 Å². The number of aromatic nitrogens is 4. The zero-order valence-corrected chi connectivity index (χ0v) is 11.6. The summed E-state index contributed by atoms with van der Waals surface area (Å²) in [5, 5.41) is 0.